The van der Waals surface area contributed by atoms with E-state index < -0.39 is 0 Å². The van der Waals surface area contributed by atoms with Gasteiger partial charge in [-0.3, -0.25) is 4.90 Å². The zero-order valence-electron chi connectivity index (χ0n) is 22.1. The van der Waals surface area contributed by atoms with Gasteiger partial charge >= 0.3 is 0 Å². The van der Waals surface area contributed by atoms with Gasteiger partial charge in [0.05, 0.1) is 0 Å². The van der Waals surface area contributed by atoms with Crippen molar-refractivity contribution in [2.45, 2.75) is 51.7 Å². The second-order valence-electron chi connectivity index (χ2n) is 10.3. The molecule has 3 aromatic carbocycles. The predicted octanol–water partition coefficient (Wildman–Crippen LogP) is 7.05. The van der Waals surface area contributed by atoms with E-state index in [-0.39, 0.29) is 12.0 Å². The van der Waals surface area contributed by atoms with Gasteiger partial charge in [-0.2, -0.15) is 0 Å². The molecule has 0 aromatic heterocycles. The molecule has 0 radical (unpaired) electrons. The zero-order chi connectivity index (χ0) is 25.5. The average molecular weight is 497 g/mol. The second-order valence-corrected chi connectivity index (χ2v) is 10.3. The third-order valence-electron chi connectivity index (χ3n) is 7.79. The molecule has 37 heavy (non-hydrogen) atoms. The molecule has 0 saturated carbocycles. The Morgan fingerprint density at radius 3 is 1.97 bits per heavy atom. The Hall–Kier alpha value is -3.08. The molecule has 2 fully saturated rings. The van der Waals surface area contributed by atoms with Crippen LogP contribution in [-0.2, 0) is 0 Å². The van der Waals surface area contributed by atoms with Crippen molar-refractivity contribution in [2.24, 2.45) is 0 Å². The fourth-order valence-corrected chi connectivity index (χ4v) is 5.81. The van der Waals surface area contributed by atoms with Gasteiger partial charge in [0.15, 0.2) is 6.23 Å². The molecule has 194 valence electrons. The molecule has 3 aromatic rings. The highest BCUT2D eigenvalue weighted by Gasteiger charge is 2.25. The Balaban J connectivity index is 1.41. The standard InChI is InChI=1S/C33H40N2O2/c1-2-31(26-10-4-3-5-11-26)33(27-12-16-29(36)17-13-27)28-14-18-30(19-15-28)37-32(35-23-8-9-24-35)20-25-34-21-6-7-22-34/h3-5,10-19,32,36H,2,6-9,20-25H2,1H3. The van der Waals surface area contributed by atoms with E-state index in [0.717, 1.165) is 49.4 Å². The summed E-state index contributed by atoms with van der Waals surface area (Å²) in [5.74, 6) is 1.22. The number of phenolic OH excluding ortho intramolecular Hbond substituents is 1. The molecule has 0 amide bonds. The quantitative estimate of drug-likeness (QED) is 0.305. The van der Waals surface area contributed by atoms with Crippen LogP contribution in [0.4, 0.5) is 0 Å². The van der Waals surface area contributed by atoms with Gasteiger partial charge in [0.1, 0.15) is 11.5 Å². The van der Waals surface area contributed by atoms with Crippen LogP contribution in [0.1, 0.15) is 62.1 Å². The largest absolute Gasteiger partial charge is 0.508 e. The third kappa shape index (κ3) is 6.44. The molecule has 2 aliphatic heterocycles. The van der Waals surface area contributed by atoms with Gasteiger partial charge in [0.2, 0.25) is 0 Å². The molecule has 2 saturated heterocycles. The number of rotatable bonds is 10. The monoisotopic (exact) mass is 496 g/mol. The van der Waals surface area contributed by atoms with Crippen molar-refractivity contribution in [3.8, 4) is 11.5 Å². The minimum absolute atomic E-state index is 0.136. The van der Waals surface area contributed by atoms with Gasteiger partial charge in [-0.05, 0) is 97.3 Å². The summed E-state index contributed by atoms with van der Waals surface area (Å²) < 4.78 is 6.64. The van der Waals surface area contributed by atoms with Gasteiger partial charge in [-0.15, -0.1) is 0 Å². The summed E-state index contributed by atoms with van der Waals surface area (Å²) in [7, 11) is 0. The van der Waals surface area contributed by atoms with E-state index in [2.05, 4.69) is 71.3 Å². The number of hydrogen-bond acceptors (Lipinski definition) is 4. The molecule has 2 heterocycles. The molecular formula is C33H40N2O2. The van der Waals surface area contributed by atoms with Crippen LogP contribution in [-0.4, -0.2) is 53.9 Å². The molecule has 1 unspecified atom stereocenters. The number of likely N-dealkylation sites (tertiary alicyclic amines) is 2. The van der Waals surface area contributed by atoms with Gasteiger partial charge in [0.25, 0.3) is 0 Å². The van der Waals surface area contributed by atoms with Crippen LogP contribution >= 0.6 is 0 Å². The minimum atomic E-state index is 0.136. The maximum absolute atomic E-state index is 9.91. The maximum atomic E-state index is 9.91. The van der Waals surface area contributed by atoms with Crippen molar-refractivity contribution in [2.75, 3.05) is 32.7 Å². The van der Waals surface area contributed by atoms with E-state index in [1.165, 1.54) is 55.5 Å². The lowest BCUT2D eigenvalue weighted by Crippen LogP contribution is -2.40. The van der Waals surface area contributed by atoms with Crippen molar-refractivity contribution in [1.82, 2.24) is 9.80 Å². The second kappa shape index (κ2) is 12.4. The minimum Gasteiger partial charge on any atom is -0.508 e. The average Bonchev–Trinajstić information content (AvgIpc) is 3.66. The van der Waals surface area contributed by atoms with E-state index in [4.69, 9.17) is 4.74 Å². The van der Waals surface area contributed by atoms with E-state index in [0.29, 0.717) is 0 Å². The number of benzene rings is 3. The van der Waals surface area contributed by atoms with E-state index in [1.807, 2.05) is 12.1 Å². The molecule has 4 nitrogen and oxygen atoms in total. The van der Waals surface area contributed by atoms with Crippen molar-refractivity contribution in [1.29, 1.82) is 0 Å². The zero-order valence-corrected chi connectivity index (χ0v) is 22.1. The van der Waals surface area contributed by atoms with Crippen molar-refractivity contribution >= 4 is 11.1 Å². The summed E-state index contributed by atoms with van der Waals surface area (Å²) in [6, 6.07) is 26.8. The number of ether oxygens (including phenoxy) is 1. The molecule has 0 aliphatic carbocycles. The maximum Gasteiger partial charge on any atom is 0.153 e. The fraction of sp³-hybridized carbons (Fsp3) is 0.394. The highest BCUT2D eigenvalue weighted by atomic mass is 16.5. The molecule has 4 heteroatoms. The highest BCUT2D eigenvalue weighted by Crippen LogP contribution is 2.36. The number of aromatic hydroxyl groups is 1. The summed E-state index contributed by atoms with van der Waals surface area (Å²) in [4.78, 5) is 5.11. The SMILES string of the molecule is CCC(=C(c1ccc(O)cc1)c1ccc(OC(CCN2CCCC2)N2CCCC2)cc1)c1ccccc1. The first-order valence-corrected chi connectivity index (χ1v) is 14.0. The number of allylic oxidation sites excluding steroid dienone is 1. The van der Waals surface area contributed by atoms with Crippen LogP contribution in [0.2, 0.25) is 0 Å². The summed E-state index contributed by atoms with van der Waals surface area (Å²) >= 11 is 0. The van der Waals surface area contributed by atoms with E-state index in [1.54, 1.807) is 12.1 Å². The molecule has 0 spiro atoms. The van der Waals surface area contributed by atoms with E-state index >= 15 is 0 Å². The molecular weight excluding hydrogens is 456 g/mol. The van der Waals surface area contributed by atoms with Gasteiger partial charge in [0, 0.05) is 26.1 Å². The Morgan fingerprint density at radius 2 is 1.35 bits per heavy atom. The van der Waals surface area contributed by atoms with Crippen molar-refractivity contribution in [3.63, 3.8) is 0 Å². The molecule has 0 bridgehead atoms. The molecule has 1 N–H and O–H groups in total. The first-order chi connectivity index (χ1) is 18.2. The van der Waals surface area contributed by atoms with Crippen molar-refractivity contribution < 1.29 is 9.84 Å². The summed E-state index contributed by atoms with van der Waals surface area (Å²) in [5.41, 5.74) is 5.98. The Bertz CT molecular complexity index is 1140. The van der Waals surface area contributed by atoms with Crippen LogP contribution in [0.3, 0.4) is 0 Å². The number of nitrogens with zero attached hydrogens (tertiary/aromatic N) is 2. The van der Waals surface area contributed by atoms with Crippen LogP contribution in [0.25, 0.3) is 11.1 Å². The molecule has 5 rings (SSSR count). The summed E-state index contributed by atoms with van der Waals surface area (Å²) in [5, 5.41) is 9.91. The Kier molecular flexibility index (Phi) is 8.60. The fourth-order valence-electron chi connectivity index (χ4n) is 5.81. The lowest BCUT2D eigenvalue weighted by molar-refractivity contribution is 0.0294. The Labute approximate surface area is 222 Å². The number of hydrogen-bond donors (Lipinski definition) is 1. The predicted molar refractivity (Wildman–Crippen MR) is 153 cm³/mol. The van der Waals surface area contributed by atoms with E-state index in [9.17, 15) is 5.11 Å². The summed E-state index contributed by atoms with van der Waals surface area (Å²) in [6.45, 7) is 8.05. The van der Waals surface area contributed by atoms with Crippen LogP contribution in [0.5, 0.6) is 11.5 Å². The highest BCUT2D eigenvalue weighted by molar-refractivity contribution is 5.98. The Morgan fingerprint density at radius 1 is 0.757 bits per heavy atom. The lowest BCUT2D eigenvalue weighted by Gasteiger charge is -2.30. The van der Waals surface area contributed by atoms with Crippen LogP contribution in [0.15, 0.2) is 78.9 Å². The molecule has 1 atom stereocenters. The van der Waals surface area contributed by atoms with Crippen molar-refractivity contribution in [3.05, 3.63) is 95.6 Å². The van der Waals surface area contributed by atoms with Gasteiger partial charge in [-0.25, -0.2) is 0 Å². The molecule has 2 aliphatic rings. The summed E-state index contributed by atoms with van der Waals surface area (Å²) in [6.07, 6.45) is 7.29. The lowest BCUT2D eigenvalue weighted by atomic mass is 9.88. The van der Waals surface area contributed by atoms with Crippen LogP contribution < -0.4 is 4.74 Å². The van der Waals surface area contributed by atoms with Gasteiger partial charge in [-0.1, -0.05) is 61.5 Å². The third-order valence-corrected chi connectivity index (χ3v) is 7.79. The van der Waals surface area contributed by atoms with Gasteiger partial charge < -0.3 is 14.7 Å². The van der Waals surface area contributed by atoms with Crippen LogP contribution in [0, 0.1) is 0 Å². The topological polar surface area (TPSA) is 35.9 Å². The normalized spacial score (nSPS) is 18.1. The first-order valence-electron chi connectivity index (χ1n) is 14.0. The first kappa shape index (κ1) is 25.6. The smallest absolute Gasteiger partial charge is 0.153 e. The number of phenols is 1.